The number of hydrogen-bond donors (Lipinski definition) is 0. The summed E-state index contributed by atoms with van der Waals surface area (Å²) in [5.74, 6) is 0.422. The third-order valence-corrected chi connectivity index (χ3v) is 6.31. The average Bonchev–Trinajstić information content (AvgIpc) is 2.73. The van der Waals surface area contributed by atoms with E-state index in [0.717, 1.165) is 57.4 Å². The van der Waals surface area contributed by atoms with Crippen LogP contribution in [0.25, 0.3) is 0 Å². The van der Waals surface area contributed by atoms with Crippen LogP contribution >= 0.6 is 0 Å². The van der Waals surface area contributed by atoms with Crippen LogP contribution in [0.3, 0.4) is 0 Å². The monoisotopic (exact) mass is 447 g/mol. The predicted molar refractivity (Wildman–Crippen MR) is 123 cm³/mol. The van der Waals surface area contributed by atoms with Crippen molar-refractivity contribution in [3.8, 4) is 0 Å². The summed E-state index contributed by atoms with van der Waals surface area (Å²) in [6.45, 7) is 10.1. The van der Waals surface area contributed by atoms with Gasteiger partial charge in [-0.3, -0.25) is 9.69 Å². The van der Waals surface area contributed by atoms with Crippen LogP contribution in [0.2, 0.25) is 0 Å². The Morgan fingerprint density at radius 3 is 2.53 bits per heavy atom. The van der Waals surface area contributed by atoms with E-state index in [0.29, 0.717) is 19.0 Å². The molecule has 1 aromatic rings. The molecule has 2 amide bonds. The second-order valence-electron chi connectivity index (χ2n) is 10.3. The number of benzene rings is 1. The van der Waals surface area contributed by atoms with Crippen LogP contribution in [0.1, 0.15) is 52.0 Å². The van der Waals surface area contributed by atoms with Gasteiger partial charge in [-0.15, -0.1) is 0 Å². The molecule has 1 atom stereocenters. The lowest BCUT2D eigenvalue weighted by Gasteiger charge is -2.38. The molecule has 2 heterocycles. The molecular formula is C25H38FN3O3. The van der Waals surface area contributed by atoms with Crippen LogP contribution < -0.4 is 0 Å². The number of rotatable bonds is 5. The van der Waals surface area contributed by atoms with Crippen molar-refractivity contribution in [1.29, 1.82) is 0 Å². The van der Waals surface area contributed by atoms with Gasteiger partial charge in [-0.1, -0.05) is 12.1 Å². The molecule has 0 radical (unpaired) electrons. The first-order valence-electron chi connectivity index (χ1n) is 11.8. The fraction of sp³-hybridized carbons (Fsp3) is 0.680. The van der Waals surface area contributed by atoms with E-state index in [2.05, 4.69) is 4.90 Å². The van der Waals surface area contributed by atoms with E-state index < -0.39 is 5.60 Å². The number of carbonyl (C=O) groups is 2. The molecule has 0 bridgehead atoms. The number of piperidine rings is 2. The number of amides is 2. The smallest absolute Gasteiger partial charge is 0.410 e. The minimum atomic E-state index is -0.496. The number of likely N-dealkylation sites (tertiary alicyclic amines) is 2. The summed E-state index contributed by atoms with van der Waals surface area (Å²) in [6, 6.07) is 6.71. The molecule has 0 N–H and O–H groups in total. The maximum atomic E-state index is 13.5. The van der Waals surface area contributed by atoms with Crippen molar-refractivity contribution in [1.82, 2.24) is 14.7 Å². The van der Waals surface area contributed by atoms with Crippen molar-refractivity contribution in [3.05, 3.63) is 35.6 Å². The zero-order chi connectivity index (χ0) is 23.3. The lowest BCUT2D eigenvalue weighted by atomic mass is 9.92. The minimum absolute atomic E-state index is 0.0123. The highest BCUT2D eigenvalue weighted by Crippen LogP contribution is 2.25. The van der Waals surface area contributed by atoms with Crippen molar-refractivity contribution in [2.75, 3.05) is 39.8 Å². The Hall–Kier alpha value is -2.15. The highest BCUT2D eigenvalue weighted by molar-refractivity contribution is 5.79. The van der Waals surface area contributed by atoms with Gasteiger partial charge in [0, 0.05) is 39.8 Å². The molecule has 0 aliphatic carbocycles. The molecule has 0 saturated carbocycles. The Balaban J connectivity index is 1.45. The van der Waals surface area contributed by atoms with Crippen LogP contribution in [0.15, 0.2) is 24.3 Å². The van der Waals surface area contributed by atoms with Crippen LogP contribution in [-0.4, -0.2) is 72.1 Å². The fourth-order valence-corrected chi connectivity index (χ4v) is 4.69. The van der Waals surface area contributed by atoms with Gasteiger partial charge >= 0.3 is 6.09 Å². The van der Waals surface area contributed by atoms with Crippen LogP contribution in [0, 0.1) is 17.7 Å². The van der Waals surface area contributed by atoms with Gasteiger partial charge in [0.25, 0.3) is 0 Å². The van der Waals surface area contributed by atoms with E-state index in [4.69, 9.17) is 4.74 Å². The molecule has 178 valence electrons. The molecule has 1 unspecified atom stereocenters. The molecule has 1 aromatic carbocycles. The second kappa shape index (κ2) is 10.6. The lowest BCUT2D eigenvalue weighted by molar-refractivity contribution is -0.139. The standard InChI is InChI=1S/C25H38FN3O3/c1-25(2,3)32-24(31)27(4)16-19-10-13-29(14-11-19)23(30)21-8-6-12-28(18-21)17-20-7-5-9-22(26)15-20/h5,7,9,15,19,21H,6,8,10-14,16-18H2,1-4H3. The first kappa shape index (κ1) is 24.5. The summed E-state index contributed by atoms with van der Waals surface area (Å²) in [5, 5.41) is 0. The predicted octanol–water partition coefficient (Wildman–Crippen LogP) is 4.14. The highest BCUT2D eigenvalue weighted by atomic mass is 19.1. The van der Waals surface area contributed by atoms with Gasteiger partial charge in [0.1, 0.15) is 11.4 Å². The van der Waals surface area contributed by atoms with Crippen LogP contribution in [0.5, 0.6) is 0 Å². The molecule has 2 fully saturated rings. The minimum Gasteiger partial charge on any atom is -0.444 e. The average molecular weight is 448 g/mol. The van der Waals surface area contributed by atoms with E-state index in [9.17, 15) is 14.0 Å². The third-order valence-electron chi connectivity index (χ3n) is 6.31. The van der Waals surface area contributed by atoms with Gasteiger partial charge in [-0.2, -0.15) is 0 Å². The summed E-state index contributed by atoms with van der Waals surface area (Å²) >= 11 is 0. The number of hydrogen-bond acceptors (Lipinski definition) is 4. The molecule has 2 aliphatic heterocycles. The molecule has 6 nitrogen and oxygen atoms in total. The molecule has 3 rings (SSSR count). The van der Waals surface area contributed by atoms with Crippen LogP contribution in [-0.2, 0) is 16.1 Å². The SMILES string of the molecule is CN(CC1CCN(C(=O)C2CCCN(Cc3cccc(F)c3)C2)CC1)C(=O)OC(C)(C)C. The van der Waals surface area contributed by atoms with Crippen molar-refractivity contribution in [3.63, 3.8) is 0 Å². The fourth-order valence-electron chi connectivity index (χ4n) is 4.69. The lowest BCUT2D eigenvalue weighted by Crippen LogP contribution is -2.48. The molecular weight excluding hydrogens is 409 g/mol. The molecule has 7 heteroatoms. The quantitative estimate of drug-likeness (QED) is 0.681. The van der Waals surface area contributed by atoms with Crippen molar-refractivity contribution in [2.24, 2.45) is 11.8 Å². The highest BCUT2D eigenvalue weighted by Gasteiger charge is 2.32. The zero-order valence-electron chi connectivity index (χ0n) is 20.0. The summed E-state index contributed by atoms with van der Waals surface area (Å²) in [6.07, 6.45) is 3.41. The van der Waals surface area contributed by atoms with Crippen molar-refractivity contribution >= 4 is 12.0 Å². The normalized spacial score (nSPS) is 20.8. The van der Waals surface area contributed by atoms with Gasteiger partial charge in [-0.05, 0) is 76.6 Å². The first-order chi connectivity index (χ1) is 15.1. The van der Waals surface area contributed by atoms with Crippen molar-refractivity contribution < 1.29 is 18.7 Å². The molecule has 2 saturated heterocycles. The summed E-state index contributed by atoms with van der Waals surface area (Å²) in [7, 11) is 1.78. The number of nitrogens with zero attached hydrogens (tertiary/aromatic N) is 3. The topological polar surface area (TPSA) is 53.1 Å². The Bertz CT molecular complexity index is 787. The van der Waals surface area contributed by atoms with E-state index >= 15 is 0 Å². The number of ether oxygens (including phenoxy) is 1. The maximum absolute atomic E-state index is 13.5. The molecule has 0 spiro atoms. The number of carbonyl (C=O) groups excluding carboxylic acids is 2. The van der Waals surface area contributed by atoms with E-state index in [1.165, 1.54) is 6.07 Å². The summed E-state index contributed by atoms with van der Waals surface area (Å²) in [5.41, 5.74) is 0.456. The molecule has 2 aliphatic rings. The van der Waals surface area contributed by atoms with Crippen molar-refractivity contribution in [2.45, 2.75) is 58.6 Å². The second-order valence-corrected chi connectivity index (χ2v) is 10.3. The van der Waals surface area contributed by atoms with E-state index in [1.54, 1.807) is 24.1 Å². The third kappa shape index (κ3) is 7.19. The Morgan fingerprint density at radius 1 is 1.16 bits per heavy atom. The molecule has 32 heavy (non-hydrogen) atoms. The first-order valence-corrected chi connectivity index (χ1v) is 11.8. The largest absolute Gasteiger partial charge is 0.444 e. The summed E-state index contributed by atoms with van der Waals surface area (Å²) in [4.78, 5) is 31.3. The molecule has 0 aromatic heterocycles. The van der Waals surface area contributed by atoms with Gasteiger partial charge in [0.05, 0.1) is 5.92 Å². The van der Waals surface area contributed by atoms with E-state index in [1.807, 2.05) is 31.7 Å². The van der Waals surface area contributed by atoms with Crippen LogP contribution in [0.4, 0.5) is 9.18 Å². The van der Waals surface area contributed by atoms with Gasteiger partial charge in [0.2, 0.25) is 5.91 Å². The Labute approximate surface area is 191 Å². The zero-order valence-corrected chi connectivity index (χ0v) is 20.0. The summed E-state index contributed by atoms with van der Waals surface area (Å²) < 4.78 is 18.9. The Kier molecular flexibility index (Phi) is 8.15. The van der Waals surface area contributed by atoms with Gasteiger partial charge in [0.15, 0.2) is 0 Å². The van der Waals surface area contributed by atoms with Gasteiger partial charge < -0.3 is 14.5 Å². The Morgan fingerprint density at radius 2 is 1.88 bits per heavy atom. The van der Waals surface area contributed by atoms with Gasteiger partial charge in [-0.25, -0.2) is 9.18 Å². The maximum Gasteiger partial charge on any atom is 0.410 e. The van der Waals surface area contributed by atoms with E-state index in [-0.39, 0.29) is 23.7 Å². The number of halogens is 1.